The van der Waals surface area contributed by atoms with Gasteiger partial charge in [0.05, 0.1) is 13.1 Å². The SMILES string of the molecule is CC1=CC(=O)C(C(C)C)=C/C1=C(\c1ccccc1S(=O)(=O)O)c1cc(C(C)C)c(O)c(CN(CC(=O)O)CC(=O)O)c1C. The molecule has 0 saturated carbocycles. The first kappa shape index (κ1) is 33.4. The third-order valence-corrected chi connectivity index (χ3v) is 8.30. The molecule has 0 fully saturated rings. The summed E-state index contributed by atoms with van der Waals surface area (Å²) in [5.74, 6) is -3.21. The Kier molecular flexibility index (Phi) is 10.2. The number of carbonyl (C=O) groups is 3. The molecule has 4 N–H and O–H groups in total. The van der Waals surface area contributed by atoms with Gasteiger partial charge >= 0.3 is 11.9 Å². The summed E-state index contributed by atoms with van der Waals surface area (Å²) in [6.07, 6.45) is 3.18. The van der Waals surface area contributed by atoms with E-state index in [1.165, 1.54) is 23.1 Å². The zero-order valence-electron chi connectivity index (χ0n) is 25.0. The monoisotopic (exact) mass is 611 g/mol. The molecule has 1 aliphatic carbocycles. The van der Waals surface area contributed by atoms with E-state index in [2.05, 4.69) is 0 Å². The smallest absolute Gasteiger partial charge is 0.317 e. The van der Waals surface area contributed by atoms with E-state index in [0.717, 1.165) is 0 Å². The van der Waals surface area contributed by atoms with Gasteiger partial charge in [0.15, 0.2) is 5.78 Å². The van der Waals surface area contributed by atoms with Crippen molar-refractivity contribution in [2.75, 3.05) is 13.1 Å². The Morgan fingerprint density at radius 3 is 2.00 bits per heavy atom. The maximum Gasteiger partial charge on any atom is 0.317 e. The topological polar surface area (TPSA) is 170 Å². The summed E-state index contributed by atoms with van der Waals surface area (Å²) in [6, 6.07) is 7.62. The largest absolute Gasteiger partial charge is 0.507 e. The Hall–Kier alpha value is -4.06. The number of carboxylic acid groups (broad SMARTS) is 2. The number of hydrogen-bond donors (Lipinski definition) is 4. The molecule has 0 unspecified atom stereocenters. The van der Waals surface area contributed by atoms with Gasteiger partial charge in [0.2, 0.25) is 0 Å². The molecule has 0 atom stereocenters. The van der Waals surface area contributed by atoms with Crippen LogP contribution in [0, 0.1) is 12.8 Å². The zero-order valence-corrected chi connectivity index (χ0v) is 25.8. The van der Waals surface area contributed by atoms with Crippen LogP contribution < -0.4 is 0 Å². The van der Waals surface area contributed by atoms with E-state index in [0.29, 0.717) is 39.0 Å². The molecule has 0 radical (unpaired) electrons. The highest BCUT2D eigenvalue weighted by atomic mass is 32.2. The average molecular weight is 612 g/mol. The van der Waals surface area contributed by atoms with E-state index in [9.17, 15) is 42.7 Å². The minimum Gasteiger partial charge on any atom is -0.507 e. The molecule has 0 bridgehead atoms. The quantitative estimate of drug-likeness (QED) is 0.255. The molecule has 1 aliphatic rings. The highest BCUT2D eigenvalue weighted by molar-refractivity contribution is 7.86. The number of aromatic hydroxyl groups is 1. The van der Waals surface area contributed by atoms with E-state index >= 15 is 0 Å². The Morgan fingerprint density at radius 1 is 0.907 bits per heavy atom. The lowest BCUT2D eigenvalue weighted by Crippen LogP contribution is -2.34. The van der Waals surface area contributed by atoms with Crippen LogP contribution >= 0.6 is 0 Å². The maximum absolute atomic E-state index is 12.9. The fourth-order valence-electron chi connectivity index (χ4n) is 5.27. The van der Waals surface area contributed by atoms with Crippen LogP contribution in [-0.4, -0.2) is 64.0 Å². The molecule has 0 saturated heterocycles. The van der Waals surface area contributed by atoms with Gasteiger partial charge in [-0.2, -0.15) is 8.42 Å². The molecular weight excluding hydrogens is 574 g/mol. The van der Waals surface area contributed by atoms with Crippen LogP contribution in [0.3, 0.4) is 0 Å². The van der Waals surface area contributed by atoms with Gasteiger partial charge in [-0.3, -0.25) is 23.8 Å². The number of nitrogens with zero attached hydrogens (tertiary/aromatic N) is 1. The highest BCUT2D eigenvalue weighted by Crippen LogP contribution is 2.43. The number of aliphatic carboxylic acids is 2. The number of rotatable bonds is 11. The predicted molar refractivity (Wildman–Crippen MR) is 161 cm³/mol. The standard InChI is InChI=1S/C32H37NO9S/c1-17(2)22-12-24(19(5)11-27(22)34)31(21-9-7-8-10-28(21)43(40,41)42)25-13-23(18(3)4)32(39)26(20(25)6)14-33(15-29(35)36)16-30(37)38/h7-13,17-18,39H,14-16H2,1-6H3,(H,35,36)(H,37,38)(H,40,41,42)/b31-24-. The van der Waals surface area contributed by atoms with Gasteiger partial charge in [-0.1, -0.05) is 45.9 Å². The second-order valence-electron chi connectivity index (χ2n) is 11.3. The summed E-state index contributed by atoms with van der Waals surface area (Å²) in [5, 5.41) is 30.2. The van der Waals surface area contributed by atoms with Crippen molar-refractivity contribution in [2.24, 2.45) is 5.92 Å². The number of carboxylic acids is 2. The Morgan fingerprint density at radius 2 is 1.49 bits per heavy atom. The van der Waals surface area contributed by atoms with Gasteiger partial charge in [0, 0.05) is 23.2 Å². The minimum atomic E-state index is -4.72. The van der Waals surface area contributed by atoms with E-state index in [1.54, 1.807) is 38.1 Å². The van der Waals surface area contributed by atoms with Crippen molar-refractivity contribution in [1.82, 2.24) is 4.90 Å². The van der Waals surface area contributed by atoms with Crippen LogP contribution in [0.2, 0.25) is 0 Å². The second-order valence-corrected chi connectivity index (χ2v) is 12.6. The molecule has 0 heterocycles. The predicted octanol–water partition coefficient (Wildman–Crippen LogP) is 4.96. The molecule has 2 aromatic rings. The molecular formula is C32H37NO9S. The van der Waals surface area contributed by atoms with E-state index in [-0.39, 0.29) is 45.9 Å². The summed E-state index contributed by atoms with van der Waals surface area (Å²) in [5.41, 5.74) is 3.75. The molecule has 3 rings (SSSR count). The van der Waals surface area contributed by atoms with Crippen LogP contribution in [0.4, 0.5) is 0 Å². The summed E-state index contributed by atoms with van der Waals surface area (Å²) in [6.45, 7) is 9.36. The summed E-state index contributed by atoms with van der Waals surface area (Å²) < 4.78 is 35.4. The molecule has 43 heavy (non-hydrogen) atoms. The molecule has 11 heteroatoms. The second kappa shape index (κ2) is 13.1. The van der Waals surface area contributed by atoms with Crippen LogP contribution in [0.1, 0.15) is 68.4 Å². The first-order valence-electron chi connectivity index (χ1n) is 13.7. The number of allylic oxidation sites excluding steroid dienone is 5. The average Bonchev–Trinajstić information content (AvgIpc) is 2.87. The summed E-state index contributed by atoms with van der Waals surface area (Å²) >= 11 is 0. The van der Waals surface area contributed by atoms with Crippen LogP contribution in [-0.2, 0) is 31.0 Å². The van der Waals surface area contributed by atoms with Crippen molar-refractivity contribution >= 4 is 33.4 Å². The Balaban J connectivity index is 2.55. The first-order valence-corrected chi connectivity index (χ1v) is 15.1. The number of ketones is 1. The van der Waals surface area contributed by atoms with Crippen molar-refractivity contribution in [3.05, 3.63) is 87.0 Å². The zero-order chi connectivity index (χ0) is 32.4. The van der Waals surface area contributed by atoms with E-state index in [4.69, 9.17) is 0 Å². The van der Waals surface area contributed by atoms with Crippen molar-refractivity contribution in [2.45, 2.75) is 58.9 Å². The normalized spacial score (nSPS) is 15.2. The highest BCUT2D eigenvalue weighted by Gasteiger charge is 2.29. The maximum atomic E-state index is 12.9. The number of phenols is 1. The van der Waals surface area contributed by atoms with Crippen molar-refractivity contribution in [3.8, 4) is 5.75 Å². The molecule has 0 spiro atoms. The van der Waals surface area contributed by atoms with Gasteiger partial charge in [-0.15, -0.1) is 0 Å². The number of hydrogen-bond acceptors (Lipinski definition) is 7. The molecule has 0 aliphatic heterocycles. The molecule has 0 amide bonds. The van der Waals surface area contributed by atoms with Crippen molar-refractivity contribution in [1.29, 1.82) is 0 Å². The fourth-order valence-corrected chi connectivity index (χ4v) is 5.96. The Bertz CT molecular complexity index is 1660. The van der Waals surface area contributed by atoms with Crippen LogP contribution in [0.25, 0.3) is 5.57 Å². The summed E-state index contributed by atoms with van der Waals surface area (Å²) in [4.78, 5) is 36.8. The lowest BCUT2D eigenvalue weighted by Gasteiger charge is -2.27. The van der Waals surface area contributed by atoms with Crippen molar-refractivity contribution in [3.63, 3.8) is 0 Å². The lowest BCUT2D eigenvalue weighted by atomic mass is 9.80. The third kappa shape index (κ3) is 7.48. The van der Waals surface area contributed by atoms with Gasteiger partial charge in [-0.25, -0.2) is 0 Å². The lowest BCUT2D eigenvalue weighted by molar-refractivity contribution is -0.142. The fraction of sp³-hybridized carbons (Fsp3) is 0.344. The first-order chi connectivity index (χ1) is 19.9. The van der Waals surface area contributed by atoms with Crippen LogP contribution in [0.15, 0.2) is 64.1 Å². The van der Waals surface area contributed by atoms with E-state index in [1.807, 2.05) is 27.7 Å². The van der Waals surface area contributed by atoms with Gasteiger partial charge in [0.1, 0.15) is 10.6 Å². The van der Waals surface area contributed by atoms with Crippen molar-refractivity contribution < 1.29 is 42.7 Å². The molecule has 10 nitrogen and oxygen atoms in total. The van der Waals surface area contributed by atoms with Gasteiger partial charge in [-0.05, 0) is 83.4 Å². The molecule has 230 valence electrons. The van der Waals surface area contributed by atoms with E-state index < -0.39 is 35.1 Å². The molecule has 0 aromatic heterocycles. The van der Waals surface area contributed by atoms with Gasteiger partial charge < -0.3 is 15.3 Å². The number of phenolic OH excluding ortho intramolecular Hbond substituents is 1. The number of carbonyl (C=O) groups excluding carboxylic acids is 1. The van der Waals surface area contributed by atoms with Gasteiger partial charge in [0.25, 0.3) is 10.1 Å². The molecule has 2 aromatic carbocycles. The number of benzene rings is 2. The third-order valence-electron chi connectivity index (χ3n) is 7.39. The Labute approximate surface area is 251 Å². The minimum absolute atomic E-state index is 0.131. The van der Waals surface area contributed by atoms with Crippen LogP contribution in [0.5, 0.6) is 5.75 Å². The summed E-state index contributed by atoms with van der Waals surface area (Å²) in [7, 11) is -4.72.